The van der Waals surface area contributed by atoms with Crippen LogP contribution in [0.15, 0.2) is 12.1 Å². The smallest absolute Gasteiger partial charge is 0.301 e. The van der Waals surface area contributed by atoms with Gasteiger partial charge in [-0.3, -0.25) is 4.72 Å². The predicted octanol–water partition coefficient (Wildman–Crippen LogP) is 1.09. The van der Waals surface area contributed by atoms with Gasteiger partial charge in [-0.25, -0.2) is 13.2 Å². The molecule has 9 heteroatoms. The molecule has 106 valence electrons. The summed E-state index contributed by atoms with van der Waals surface area (Å²) in [6.45, 7) is 0.670. The van der Waals surface area contributed by atoms with Gasteiger partial charge in [0.2, 0.25) is 0 Å². The number of anilines is 1. The number of rotatable bonds is 3. The average molecular weight is 296 g/mol. The molecule has 0 spiro atoms. The zero-order valence-electron chi connectivity index (χ0n) is 9.70. The van der Waals surface area contributed by atoms with Crippen molar-refractivity contribution in [3.63, 3.8) is 0 Å². The van der Waals surface area contributed by atoms with Gasteiger partial charge in [-0.1, -0.05) is 0 Å². The number of hydrogen-bond acceptors (Lipinski definition) is 3. The Balaban J connectivity index is 2.23. The lowest BCUT2D eigenvalue weighted by Gasteiger charge is -2.26. The minimum atomic E-state index is -4.01. The van der Waals surface area contributed by atoms with Gasteiger partial charge in [-0.15, -0.1) is 0 Å². The fraction of sp³-hybridized carbons (Fsp3) is 0.400. The van der Waals surface area contributed by atoms with Crippen LogP contribution in [0, 0.1) is 17.5 Å². The van der Waals surface area contributed by atoms with Gasteiger partial charge in [0.1, 0.15) is 0 Å². The molecule has 0 unspecified atom stereocenters. The van der Waals surface area contributed by atoms with E-state index in [0.29, 0.717) is 6.07 Å². The molecule has 1 aromatic carbocycles. The van der Waals surface area contributed by atoms with E-state index < -0.39 is 33.3 Å². The Hall–Kier alpha value is -1.32. The van der Waals surface area contributed by atoms with E-state index in [4.69, 9.17) is 4.74 Å². The van der Waals surface area contributed by atoms with Gasteiger partial charge in [-0.05, 0) is 12.1 Å². The van der Waals surface area contributed by atoms with E-state index in [9.17, 15) is 21.6 Å². The largest absolute Gasteiger partial charge is 0.379 e. The van der Waals surface area contributed by atoms with Crippen molar-refractivity contribution in [2.24, 2.45) is 0 Å². The van der Waals surface area contributed by atoms with Crippen LogP contribution in [0.1, 0.15) is 0 Å². The summed E-state index contributed by atoms with van der Waals surface area (Å²) in [4.78, 5) is 0. The number of nitrogens with one attached hydrogen (secondary N) is 1. The van der Waals surface area contributed by atoms with Crippen LogP contribution in [-0.4, -0.2) is 39.0 Å². The Morgan fingerprint density at radius 1 is 1.11 bits per heavy atom. The number of hydrogen-bond donors (Lipinski definition) is 1. The van der Waals surface area contributed by atoms with Crippen LogP contribution in [0.4, 0.5) is 18.9 Å². The van der Waals surface area contributed by atoms with Crippen molar-refractivity contribution in [3.05, 3.63) is 29.6 Å². The van der Waals surface area contributed by atoms with E-state index in [1.165, 1.54) is 0 Å². The monoisotopic (exact) mass is 296 g/mol. The molecule has 0 amide bonds. The summed E-state index contributed by atoms with van der Waals surface area (Å²) in [5, 5.41) is 0. The molecule has 0 aromatic heterocycles. The van der Waals surface area contributed by atoms with E-state index in [1.54, 1.807) is 0 Å². The summed E-state index contributed by atoms with van der Waals surface area (Å²) in [6, 6.07) is 1.47. The maximum atomic E-state index is 13.4. The van der Waals surface area contributed by atoms with E-state index in [0.717, 1.165) is 10.4 Å². The van der Waals surface area contributed by atoms with Crippen molar-refractivity contribution < 1.29 is 26.3 Å². The zero-order valence-corrected chi connectivity index (χ0v) is 10.5. The Morgan fingerprint density at radius 2 is 1.74 bits per heavy atom. The van der Waals surface area contributed by atoms with Crippen LogP contribution in [0.2, 0.25) is 0 Å². The summed E-state index contributed by atoms with van der Waals surface area (Å²) >= 11 is 0. The second kappa shape index (κ2) is 5.35. The van der Waals surface area contributed by atoms with Gasteiger partial charge in [0.15, 0.2) is 17.5 Å². The molecule has 1 heterocycles. The molecule has 19 heavy (non-hydrogen) atoms. The van der Waals surface area contributed by atoms with E-state index in [2.05, 4.69) is 0 Å². The highest BCUT2D eigenvalue weighted by molar-refractivity contribution is 7.90. The molecule has 1 N–H and O–H groups in total. The minimum absolute atomic E-state index is 0.112. The fourth-order valence-electron chi connectivity index (χ4n) is 1.60. The Labute approximate surface area is 108 Å². The average Bonchev–Trinajstić information content (AvgIpc) is 2.40. The molecule has 0 bridgehead atoms. The highest BCUT2D eigenvalue weighted by atomic mass is 32.2. The molecule has 2 rings (SSSR count). The van der Waals surface area contributed by atoms with Crippen molar-refractivity contribution in [2.45, 2.75) is 0 Å². The normalized spacial score (nSPS) is 17.4. The third kappa shape index (κ3) is 2.99. The molecule has 0 saturated carbocycles. The molecule has 1 saturated heterocycles. The first-order valence-electron chi connectivity index (χ1n) is 5.41. The highest BCUT2D eigenvalue weighted by Crippen LogP contribution is 2.21. The lowest BCUT2D eigenvalue weighted by molar-refractivity contribution is 0.0733. The van der Waals surface area contributed by atoms with E-state index in [-0.39, 0.29) is 26.3 Å². The van der Waals surface area contributed by atoms with Crippen LogP contribution in [0.5, 0.6) is 0 Å². The molecule has 1 aliphatic rings. The minimum Gasteiger partial charge on any atom is -0.379 e. The van der Waals surface area contributed by atoms with Gasteiger partial charge in [0, 0.05) is 13.1 Å². The Morgan fingerprint density at radius 3 is 2.37 bits per heavy atom. The summed E-state index contributed by atoms with van der Waals surface area (Å²) in [5.41, 5.74) is -0.634. The van der Waals surface area contributed by atoms with Crippen LogP contribution < -0.4 is 4.72 Å². The second-order valence-corrected chi connectivity index (χ2v) is 5.51. The van der Waals surface area contributed by atoms with Gasteiger partial charge < -0.3 is 4.74 Å². The van der Waals surface area contributed by atoms with Crippen LogP contribution in [-0.2, 0) is 14.9 Å². The number of ether oxygens (including phenoxy) is 1. The molecular weight excluding hydrogens is 285 g/mol. The van der Waals surface area contributed by atoms with Crippen molar-refractivity contribution in [1.29, 1.82) is 0 Å². The maximum absolute atomic E-state index is 13.4. The lowest BCUT2D eigenvalue weighted by Crippen LogP contribution is -2.43. The van der Waals surface area contributed by atoms with Crippen LogP contribution in [0.3, 0.4) is 0 Å². The van der Waals surface area contributed by atoms with E-state index in [1.807, 2.05) is 4.72 Å². The zero-order chi connectivity index (χ0) is 14.0. The van der Waals surface area contributed by atoms with Crippen LogP contribution >= 0.6 is 0 Å². The quantitative estimate of drug-likeness (QED) is 0.850. The molecule has 1 aromatic rings. The summed E-state index contributed by atoms with van der Waals surface area (Å²) in [7, 11) is -4.01. The summed E-state index contributed by atoms with van der Waals surface area (Å²) in [6.07, 6.45) is 0. The summed E-state index contributed by atoms with van der Waals surface area (Å²) in [5.74, 6) is -4.68. The van der Waals surface area contributed by atoms with E-state index >= 15 is 0 Å². The molecule has 1 fully saturated rings. The molecule has 0 atom stereocenters. The Kier molecular flexibility index (Phi) is 3.97. The van der Waals surface area contributed by atoms with Crippen LogP contribution in [0.25, 0.3) is 0 Å². The maximum Gasteiger partial charge on any atom is 0.301 e. The van der Waals surface area contributed by atoms with Crippen molar-refractivity contribution in [3.8, 4) is 0 Å². The molecule has 5 nitrogen and oxygen atoms in total. The SMILES string of the molecule is O=S(=O)(Nc1ccc(F)c(F)c1F)N1CCOCC1. The fourth-order valence-corrected chi connectivity index (χ4v) is 2.79. The Bertz CT molecular complexity index is 574. The first-order valence-corrected chi connectivity index (χ1v) is 6.85. The third-order valence-electron chi connectivity index (χ3n) is 2.58. The van der Waals surface area contributed by atoms with Crippen molar-refractivity contribution in [2.75, 3.05) is 31.0 Å². The van der Waals surface area contributed by atoms with Gasteiger partial charge in [0.05, 0.1) is 18.9 Å². The molecule has 0 radical (unpaired) electrons. The standard InChI is InChI=1S/C10H11F3N2O3S/c11-7-1-2-8(10(13)9(7)12)14-19(16,17)15-3-5-18-6-4-15/h1-2,14H,3-6H2. The lowest BCUT2D eigenvalue weighted by atomic mass is 10.3. The molecular formula is C10H11F3N2O3S. The van der Waals surface area contributed by atoms with Crippen molar-refractivity contribution in [1.82, 2.24) is 4.31 Å². The highest BCUT2D eigenvalue weighted by Gasteiger charge is 2.26. The second-order valence-electron chi connectivity index (χ2n) is 3.84. The first-order chi connectivity index (χ1) is 8.92. The third-order valence-corrected chi connectivity index (χ3v) is 4.11. The number of nitrogens with zero attached hydrogens (tertiary/aromatic N) is 1. The van der Waals surface area contributed by atoms with Gasteiger partial charge in [0.25, 0.3) is 0 Å². The number of halogens is 3. The van der Waals surface area contributed by atoms with Crippen molar-refractivity contribution >= 4 is 15.9 Å². The number of benzene rings is 1. The molecule has 0 aliphatic carbocycles. The topological polar surface area (TPSA) is 58.6 Å². The summed E-state index contributed by atoms with van der Waals surface area (Å²) < 4.78 is 70.8. The first kappa shape index (κ1) is 14.1. The van der Waals surface area contributed by atoms with Gasteiger partial charge >= 0.3 is 10.2 Å². The number of morpholine rings is 1. The van der Waals surface area contributed by atoms with Gasteiger partial charge in [-0.2, -0.15) is 12.7 Å². The predicted molar refractivity (Wildman–Crippen MR) is 61.3 cm³/mol. The molecule has 1 aliphatic heterocycles.